The number of halogens is 3. The molecule has 1 atom stereocenters. The van der Waals surface area contributed by atoms with Crippen LogP contribution in [0.25, 0.3) is 0 Å². The average Bonchev–Trinajstić information content (AvgIpc) is 2.16. The number of nitrogens with two attached hydrogens (primary N) is 1. The molecule has 0 spiro atoms. The Hall–Kier alpha value is -0.820. The van der Waals surface area contributed by atoms with Crippen LogP contribution in [0.15, 0.2) is 0 Å². The van der Waals surface area contributed by atoms with Crippen molar-refractivity contribution in [3.8, 4) is 0 Å². The number of hydroxylamine groups is 2. The molecular formula is C5H7F3N2O2. The molecule has 70 valence electrons. The van der Waals surface area contributed by atoms with Crippen LogP contribution in [0, 0.1) is 0 Å². The van der Waals surface area contributed by atoms with E-state index in [-0.39, 0.29) is 11.7 Å². The first-order chi connectivity index (χ1) is 5.40. The maximum Gasteiger partial charge on any atom is 0.408 e. The molecular weight excluding hydrogens is 177 g/mol. The normalized spacial score (nSPS) is 25.2. The second-order valence-corrected chi connectivity index (χ2v) is 2.39. The number of nitrogens with zero attached hydrogens (tertiary/aromatic N) is 1. The van der Waals surface area contributed by atoms with Gasteiger partial charge in [-0.15, -0.1) is 0 Å². The molecule has 12 heavy (non-hydrogen) atoms. The third kappa shape index (κ3) is 2.08. The highest BCUT2D eigenvalue weighted by Gasteiger charge is 2.39. The fourth-order valence-corrected chi connectivity index (χ4v) is 0.777. The first kappa shape index (κ1) is 9.27. The van der Waals surface area contributed by atoms with E-state index in [1.807, 2.05) is 0 Å². The molecule has 1 rings (SSSR count). The van der Waals surface area contributed by atoms with Crippen LogP contribution in [0.4, 0.5) is 13.2 Å². The molecule has 0 aliphatic carbocycles. The van der Waals surface area contributed by atoms with E-state index in [9.17, 15) is 18.0 Å². The first-order valence-corrected chi connectivity index (χ1v) is 3.17. The van der Waals surface area contributed by atoms with Crippen LogP contribution in [0.1, 0.15) is 0 Å². The van der Waals surface area contributed by atoms with Gasteiger partial charge >= 0.3 is 6.18 Å². The Labute approximate surface area is 66.0 Å². The summed E-state index contributed by atoms with van der Waals surface area (Å²) in [7, 11) is 0. The third-order valence-electron chi connectivity index (χ3n) is 1.30. The third-order valence-corrected chi connectivity index (χ3v) is 1.30. The Morgan fingerprint density at radius 1 is 1.67 bits per heavy atom. The molecule has 1 aliphatic rings. The monoisotopic (exact) mass is 184 g/mol. The Bertz CT molecular complexity index is 194. The van der Waals surface area contributed by atoms with E-state index in [1.165, 1.54) is 0 Å². The van der Waals surface area contributed by atoms with E-state index in [0.29, 0.717) is 0 Å². The minimum atomic E-state index is -4.44. The Morgan fingerprint density at radius 3 is 2.58 bits per heavy atom. The van der Waals surface area contributed by atoms with Crippen molar-refractivity contribution in [2.24, 2.45) is 5.73 Å². The van der Waals surface area contributed by atoms with Crippen LogP contribution in [0.5, 0.6) is 0 Å². The van der Waals surface area contributed by atoms with Crippen molar-refractivity contribution in [2.45, 2.75) is 12.2 Å². The van der Waals surface area contributed by atoms with Gasteiger partial charge in [-0.2, -0.15) is 13.2 Å². The lowest BCUT2D eigenvalue weighted by Gasteiger charge is -2.15. The van der Waals surface area contributed by atoms with Gasteiger partial charge in [0.25, 0.3) is 5.91 Å². The number of amides is 1. The van der Waals surface area contributed by atoms with Crippen LogP contribution in [-0.4, -0.2) is 36.3 Å². The second kappa shape index (κ2) is 2.91. The summed E-state index contributed by atoms with van der Waals surface area (Å²) in [6.45, 7) is -1.59. The SMILES string of the molecule is NC1CON(CC(F)(F)F)C1=O. The minimum Gasteiger partial charge on any atom is -0.318 e. The summed E-state index contributed by atoms with van der Waals surface area (Å²) < 4.78 is 35.1. The Morgan fingerprint density at radius 2 is 2.25 bits per heavy atom. The van der Waals surface area contributed by atoms with Crippen molar-refractivity contribution in [2.75, 3.05) is 13.2 Å². The summed E-state index contributed by atoms with van der Waals surface area (Å²) in [6, 6.07) is -0.965. The summed E-state index contributed by atoms with van der Waals surface area (Å²) in [5.74, 6) is -0.827. The van der Waals surface area contributed by atoms with Crippen LogP contribution < -0.4 is 5.73 Å². The fourth-order valence-electron chi connectivity index (χ4n) is 0.777. The van der Waals surface area contributed by atoms with E-state index < -0.39 is 24.7 Å². The lowest BCUT2D eigenvalue weighted by Crippen LogP contribution is -2.39. The van der Waals surface area contributed by atoms with Gasteiger partial charge in [0.2, 0.25) is 0 Å². The molecule has 0 aromatic carbocycles. The van der Waals surface area contributed by atoms with Gasteiger partial charge in [-0.05, 0) is 0 Å². The molecule has 0 aromatic rings. The summed E-state index contributed by atoms with van der Waals surface area (Å²) in [4.78, 5) is 15.2. The van der Waals surface area contributed by atoms with Crippen molar-refractivity contribution < 1.29 is 22.8 Å². The average molecular weight is 184 g/mol. The highest BCUT2D eigenvalue weighted by atomic mass is 19.4. The summed E-state index contributed by atoms with van der Waals surface area (Å²) >= 11 is 0. The van der Waals surface area contributed by atoms with Gasteiger partial charge in [0.1, 0.15) is 12.6 Å². The molecule has 2 N–H and O–H groups in total. The van der Waals surface area contributed by atoms with Gasteiger partial charge < -0.3 is 5.73 Å². The molecule has 1 fully saturated rings. The van der Waals surface area contributed by atoms with Gasteiger partial charge in [-0.3, -0.25) is 9.63 Å². The lowest BCUT2D eigenvalue weighted by molar-refractivity contribution is -0.214. The van der Waals surface area contributed by atoms with Gasteiger partial charge in [0.05, 0.1) is 6.61 Å². The van der Waals surface area contributed by atoms with Crippen LogP contribution >= 0.6 is 0 Å². The quantitative estimate of drug-likeness (QED) is 0.606. The molecule has 1 saturated heterocycles. The van der Waals surface area contributed by atoms with E-state index in [1.54, 1.807) is 0 Å². The molecule has 1 unspecified atom stereocenters. The lowest BCUT2D eigenvalue weighted by atomic mass is 10.3. The van der Waals surface area contributed by atoms with E-state index >= 15 is 0 Å². The molecule has 1 aliphatic heterocycles. The van der Waals surface area contributed by atoms with Gasteiger partial charge in [-0.1, -0.05) is 0 Å². The number of hydrogen-bond acceptors (Lipinski definition) is 3. The number of alkyl halides is 3. The molecule has 4 nitrogen and oxygen atoms in total. The molecule has 0 bridgehead atoms. The molecule has 0 saturated carbocycles. The van der Waals surface area contributed by atoms with Gasteiger partial charge in [0.15, 0.2) is 0 Å². The van der Waals surface area contributed by atoms with Crippen LogP contribution in [0.3, 0.4) is 0 Å². The number of hydrogen-bond donors (Lipinski definition) is 1. The highest BCUT2D eigenvalue weighted by Crippen LogP contribution is 2.19. The standard InChI is InChI=1S/C5H7F3N2O2/c6-5(7,8)2-10-4(11)3(9)1-12-10/h3H,1-2,9H2. The minimum absolute atomic E-state index is 0.186. The summed E-state index contributed by atoms with van der Waals surface area (Å²) in [5.41, 5.74) is 5.10. The van der Waals surface area contributed by atoms with Gasteiger partial charge in [0, 0.05) is 0 Å². The zero-order valence-electron chi connectivity index (χ0n) is 5.97. The van der Waals surface area contributed by atoms with E-state index in [4.69, 9.17) is 5.73 Å². The van der Waals surface area contributed by atoms with Crippen molar-refractivity contribution >= 4 is 5.91 Å². The van der Waals surface area contributed by atoms with E-state index in [2.05, 4.69) is 4.84 Å². The Balaban J connectivity index is 2.50. The molecule has 0 radical (unpaired) electrons. The number of carbonyl (C=O) groups is 1. The first-order valence-electron chi connectivity index (χ1n) is 3.17. The molecule has 1 heterocycles. The van der Waals surface area contributed by atoms with Crippen molar-refractivity contribution in [3.05, 3.63) is 0 Å². The van der Waals surface area contributed by atoms with Crippen LogP contribution in [0.2, 0.25) is 0 Å². The van der Waals surface area contributed by atoms with Gasteiger partial charge in [-0.25, -0.2) is 5.06 Å². The predicted molar refractivity (Wildman–Crippen MR) is 31.7 cm³/mol. The highest BCUT2D eigenvalue weighted by molar-refractivity contribution is 5.82. The van der Waals surface area contributed by atoms with Crippen molar-refractivity contribution in [1.29, 1.82) is 0 Å². The smallest absolute Gasteiger partial charge is 0.318 e. The van der Waals surface area contributed by atoms with Crippen molar-refractivity contribution in [1.82, 2.24) is 5.06 Å². The largest absolute Gasteiger partial charge is 0.408 e. The number of rotatable bonds is 1. The summed E-state index contributed by atoms with van der Waals surface area (Å²) in [6.07, 6.45) is -4.44. The zero-order chi connectivity index (χ0) is 9.35. The van der Waals surface area contributed by atoms with Crippen LogP contribution in [-0.2, 0) is 9.63 Å². The fraction of sp³-hybridized carbons (Fsp3) is 0.800. The Kier molecular flexibility index (Phi) is 2.25. The summed E-state index contributed by atoms with van der Waals surface area (Å²) in [5, 5.41) is 0.241. The molecule has 7 heteroatoms. The predicted octanol–water partition coefficient (Wildman–Crippen LogP) is -0.350. The van der Waals surface area contributed by atoms with Crippen molar-refractivity contribution in [3.63, 3.8) is 0 Å². The molecule has 0 aromatic heterocycles. The maximum absolute atomic E-state index is 11.7. The topological polar surface area (TPSA) is 55.6 Å². The maximum atomic E-state index is 11.7. The second-order valence-electron chi connectivity index (χ2n) is 2.39. The van der Waals surface area contributed by atoms with E-state index in [0.717, 1.165) is 0 Å². The zero-order valence-corrected chi connectivity index (χ0v) is 5.97. The number of carbonyl (C=O) groups excluding carboxylic acids is 1. The molecule has 1 amide bonds.